The smallest absolute Gasteiger partial charge is 0.333 e. The van der Waals surface area contributed by atoms with Gasteiger partial charge in [0, 0.05) is 26.9 Å². The first-order valence-electron chi connectivity index (χ1n) is 9.44. The second-order valence-electron chi connectivity index (χ2n) is 6.54. The number of ether oxygens (including phenoxy) is 4. The van der Waals surface area contributed by atoms with Crippen molar-refractivity contribution in [2.24, 2.45) is 5.92 Å². The molecule has 0 bridgehead atoms. The topological polar surface area (TPSA) is 54.0 Å². The predicted molar refractivity (Wildman–Crippen MR) is 100 cm³/mol. The lowest BCUT2D eigenvalue weighted by atomic mass is 9.90. The number of methoxy groups -OCH3 is 3. The Morgan fingerprint density at radius 2 is 1.48 bits per heavy atom. The zero-order chi connectivity index (χ0) is 19.3. The number of carbonyl (C=O) groups excluding carboxylic acids is 1. The highest BCUT2D eigenvalue weighted by Gasteiger charge is 2.45. The van der Waals surface area contributed by atoms with Crippen LogP contribution in [0.25, 0.3) is 0 Å². The van der Waals surface area contributed by atoms with Gasteiger partial charge in [0.25, 0.3) is 5.97 Å². The van der Waals surface area contributed by atoms with Crippen LogP contribution in [0, 0.1) is 5.92 Å². The fourth-order valence-corrected chi connectivity index (χ4v) is 3.13. The third-order valence-electron chi connectivity index (χ3n) is 4.56. The first kappa shape index (κ1) is 24.1. The number of carbonyl (C=O) groups is 1. The molecule has 25 heavy (non-hydrogen) atoms. The zero-order valence-corrected chi connectivity index (χ0v) is 17.1. The van der Waals surface area contributed by atoms with E-state index < -0.39 is 5.97 Å². The molecular formula is C20H38O5. The van der Waals surface area contributed by atoms with Gasteiger partial charge >= 0.3 is 5.97 Å². The molecule has 5 heteroatoms. The molecule has 0 heterocycles. The molecule has 0 radical (unpaired) electrons. The minimum atomic E-state index is -1.22. The molecule has 0 spiro atoms. The van der Waals surface area contributed by atoms with Gasteiger partial charge in [0.15, 0.2) is 0 Å². The Hall–Kier alpha value is -0.910. The average Bonchev–Trinajstić information content (AvgIpc) is 2.61. The summed E-state index contributed by atoms with van der Waals surface area (Å²) >= 11 is 0. The van der Waals surface area contributed by atoms with Crippen molar-refractivity contribution >= 4 is 5.97 Å². The second-order valence-corrected chi connectivity index (χ2v) is 6.54. The van der Waals surface area contributed by atoms with E-state index in [2.05, 4.69) is 20.4 Å². The van der Waals surface area contributed by atoms with Gasteiger partial charge in [-0.3, -0.25) is 0 Å². The summed E-state index contributed by atoms with van der Waals surface area (Å²) in [6.07, 6.45) is 7.81. The molecule has 2 atom stereocenters. The number of unbranched alkanes of at least 4 members (excludes halogenated alkanes) is 4. The Balaban J connectivity index is 5.29. The van der Waals surface area contributed by atoms with Gasteiger partial charge in [-0.2, -0.15) is 0 Å². The molecule has 0 aliphatic carbocycles. The van der Waals surface area contributed by atoms with E-state index in [0.717, 1.165) is 32.1 Å². The summed E-state index contributed by atoms with van der Waals surface area (Å²) in [5, 5.41) is 0. The Bertz CT molecular complexity index is 368. The molecule has 0 aromatic carbocycles. The average molecular weight is 359 g/mol. The number of hydrogen-bond acceptors (Lipinski definition) is 5. The summed E-state index contributed by atoms with van der Waals surface area (Å²) in [6, 6.07) is 0. The fraction of sp³-hybridized carbons (Fsp3) is 0.850. The van der Waals surface area contributed by atoms with Gasteiger partial charge in [-0.15, -0.1) is 0 Å². The lowest BCUT2D eigenvalue weighted by molar-refractivity contribution is -0.388. The monoisotopic (exact) mass is 358 g/mol. The van der Waals surface area contributed by atoms with Crippen LogP contribution in [-0.2, 0) is 23.7 Å². The largest absolute Gasteiger partial charge is 0.458 e. The van der Waals surface area contributed by atoms with Crippen LogP contribution in [0.1, 0.15) is 72.1 Å². The van der Waals surface area contributed by atoms with Crippen LogP contribution in [-0.4, -0.2) is 39.4 Å². The summed E-state index contributed by atoms with van der Waals surface area (Å²) in [7, 11) is 4.65. The van der Waals surface area contributed by atoms with Crippen LogP contribution in [0.15, 0.2) is 12.2 Å². The summed E-state index contributed by atoms with van der Waals surface area (Å²) in [4.78, 5) is 12.1. The van der Waals surface area contributed by atoms with E-state index in [0.29, 0.717) is 5.57 Å². The number of rotatable bonds is 15. The highest BCUT2D eigenvalue weighted by atomic mass is 16.9. The first-order valence-corrected chi connectivity index (χ1v) is 9.44. The maximum Gasteiger partial charge on any atom is 0.333 e. The van der Waals surface area contributed by atoms with E-state index in [-0.39, 0.29) is 18.0 Å². The zero-order valence-electron chi connectivity index (χ0n) is 17.1. The fourth-order valence-electron chi connectivity index (χ4n) is 3.13. The van der Waals surface area contributed by atoms with Crippen molar-refractivity contribution in [3.63, 3.8) is 0 Å². The molecule has 0 fully saturated rings. The lowest BCUT2D eigenvalue weighted by Crippen LogP contribution is -2.50. The molecule has 0 saturated carbocycles. The maximum absolute atomic E-state index is 12.1. The van der Waals surface area contributed by atoms with Crippen molar-refractivity contribution in [2.75, 3.05) is 21.3 Å². The lowest BCUT2D eigenvalue weighted by Gasteiger charge is -2.40. The van der Waals surface area contributed by atoms with Gasteiger partial charge < -0.3 is 18.9 Å². The van der Waals surface area contributed by atoms with E-state index in [9.17, 15) is 4.79 Å². The number of esters is 1. The quantitative estimate of drug-likeness (QED) is 0.181. The van der Waals surface area contributed by atoms with E-state index >= 15 is 0 Å². The van der Waals surface area contributed by atoms with Gasteiger partial charge in [-0.25, -0.2) is 4.79 Å². The van der Waals surface area contributed by atoms with Crippen LogP contribution < -0.4 is 0 Å². The van der Waals surface area contributed by atoms with Gasteiger partial charge in [0.05, 0.1) is 5.92 Å². The Morgan fingerprint density at radius 3 is 1.92 bits per heavy atom. The van der Waals surface area contributed by atoms with Gasteiger partial charge in [0.2, 0.25) is 0 Å². The molecule has 0 saturated heterocycles. The van der Waals surface area contributed by atoms with Crippen molar-refractivity contribution in [2.45, 2.75) is 84.2 Å². The SMILES string of the molecule is C=C(C)C(=O)OC(CCCCCCC)C(CCC)C(OC)(OC)OC. The van der Waals surface area contributed by atoms with Gasteiger partial charge in [-0.05, 0) is 26.2 Å². The summed E-state index contributed by atoms with van der Waals surface area (Å²) in [5.74, 6) is -1.82. The predicted octanol–water partition coefficient (Wildman–Crippen LogP) is 4.84. The van der Waals surface area contributed by atoms with E-state index in [1.807, 2.05) is 0 Å². The first-order chi connectivity index (χ1) is 11.9. The van der Waals surface area contributed by atoms with Crippen molar-refractivity contribution in [1.82, 2.24) is 0 Å². The standard InChI is InChI=1S/C20H38O5/c1-8-10-11-12-13-15-18(25-19(21)16(3)4)17(14-9-2)20(22-5,23-6)24-7/h17-18H,3,8-15H2,1-2,4-7H3. The minimum Gasteiger partial charge on any atom is -0.458 e. The van der Waals surface area contributed by atoms with Crippen molar-refractivity contribution in [1.29, 1.82) is 0 Å². The molecule has 0 amide bonds. The van der Waals surface area contributed by atoms with Crippen molar-refractivity contribution < 1.29 is 23.7 Å². The maximum atomic E-state index is 12.1. The molecule has 0 N–H and O–H groups in total. The normalized spacial score (nSPS) is 14.2. The van der Waals surface area contributed by atoms with E-state index in [1.54, 1.807) is 28.3 Å². The molecule has 148 valence electrons. The van der Waals surface area contributed by atoms with Crippen LogP contribution >= 0.6 is 0 Å². The molecule has 0 aromatic heterocycles. The molecule has 0 aromatic rings. The molecule has 0 rings (SSSR count). The Kier molecular flexibility index (Phi) is 12.8. The molecule has 5 nitrogen and oxygen atoms in total. The molecule has 2 unspecified atom stereocenters. The molecule has 0 aliphatic rings. The highest BCUT2D eigenvalue weighted by molar-refractivity contribution is 5.87. The van der Waals surface area contributed by atoms with Crippen LogP contribution in [0.5, 0.6) is 0 Å². The Labute approximate surface area is 154 Å². The molecule has 0 aliphatic heterocycles. The minimum absolute atomic E-state index is 0.216. The summed E-state index contributed by atoms with van der Waals surface area (Å²) in [5.41, 5.74) is 0.393. The van der Waals surface area contributed by atoms with E-state index in [4.69, 9.17) is 18.9 Å². The van der Waals surface area contributed by atoms with Gasteiger partial charge in [0.1, 0.15) is 6.10 Å². The summed E-state index contributed by atoms with van der Waals surface area (Å²) < 4.78 is 22.4. The van der Waals surface area contributed by atoms with Crippen LogP contribution in [0.4, 0.5) is 0 Å². The van der Waals surface area contributed by atoms with Crippen LogP contribution in [0.3, 0.4) is 0 Å². The number of hydrogen-bond donors (Lipinski definition) is 0. The highest BCUT2D eigenvalue weighted by Crippen LogP contribution is 2.34. The Morgan fingerprint density at radius 1 is 0.920 bits per heavy atom. The van der Waals surface area contributed by atoms with Crippen molar-refractivity contribution in [3.05, 3.63) is 12.2 Å². The summed E-state index contributed by atoms with van der Waals surface area (Å²) in [6.45, 7) is 9.62. The van der Waals surface area contributed by atoms with Gasteiger partial charge in [-0.1, -0.05) is 52.5 Å². The van der Waals surface area contributed by atoms with Crippen molar-refractivity contribution in [3.8, 4) is 0 Å². The third kappa shape index (κ3) is 7.89. The second kappa shape index (κ2) is 13.3. The molecular weight excluding hydrogens is 320 g/mol. The van der Waals surface area contributed by atoms with Crippen LogP contribution in [0.2, 0.25) is 0 Å². The van der Waals surface area contributed by atoms with E-state index in [1.165, 1.54) is 19.3 Å². The third-order valence-corrected chi connectivity index (χ3v) is 4.56.